The molecule has 0 spiro atoms. The Bertz CT molecular complexity index is 917. The van der Waals surface area contributed by atoms with E-state index in [1.807, 2.05) is 4.57 Å². The van der Waals surface area contributed by atoms with E-state index in [0.717, 1.165) is 31.5 Å². The van der Waals surface area contributed by atoms with Crippen molar-refractivity contribution in [3.63, 3.8) is 0 Å². The van der Waals surface area contributed by atoms with Gasteiger partial charge in [0.05, 0.1) is 0 Å². The van der Waals surface area contributed by atoms with Gasteiger partial charge in [-0.25, -0.2) is 19.7 Å². The third-order valence-corrected chi connectivity index (χ3v) is 5.63. The lowest BCUT2D eigenvalue weighted by molar-refractivity contribution is -0.131. The van der Waals surface area contributed by atoms with Crippen LogP contribution in [-0.4, -0.2) is 61.7 Å². The monoisotopic (exact) mass is 481 g/mol. The highest BCUT2D eigenvalue weighted by Crippen LogP contribution is 2.25. The molecule has 3 N–H and O–H groups in total. The number of hydrogen-bond acceptors (Lipinski definition) is 7. The molecule has 1 aliphatic heterocycles. The lowest BCUT2D eigenvalue weighted by Crippen LogP contribution is -2.45. The van der Waals surface area contributed by atoms with E-state index in [0.29, 0.717) is 35.1 Å². The number of halogens is 1. The SMILES string of the molecule is CC(C)(C)OC(=O)NCC(=O)N1CCC(CCn2c(Br)nc3c(N)ncnc32)CC1. The maximum Gasteiger partial charge on any atom is 0.408 e. The molecule has 0 saturated carbocycles. The van der Waals surface area contributed by atoms with Gasteiger partial charge >= 0.3 is 6.09 Å². The quantitative estimate of drug-likeness (QED) is 0.626. The van der Waals surface area contributed by atoms with Crippen LogP contribution < -0.4 is 11.1 Å². The first-order valence-electron chi connectivity index (χ1n) is 10.0. The summed E-state index contributed by atoms with van der Waals surface area (Å²) in [6.45, 7) is 7.42. The van der Waals surface area contributed by atoms with Crippen molar-refractivity contribution in [2.45, 2.75) is 52.2 Å². The van der Waals surface area contributed by atoms with E-state index >= 15 is 0 Å². The molecule has 0 atom stereocenters. The number of nitrogens with zero attached hydrogens (tertiary/aromatic N) is 5. The van der Waals surface area contributed by atoms with Crippen LogP contribution in [0.25, 0.3) is 11.2 Å². The molecule has 0 aromatic carbocycles. The summed E-state index contributed by atoms with van der Waals surface area (Å²) in [5, 5.41) is 2.53. The minimum atomic E-state index is -0.585. The molecule has 1 fully saturated rings. The third kappa shape index (κ3) is 5.59. The Morgan fingerprint density at radius 3 is 2.67 bits per heavy atom. The van der Waals surface area contributed by atoms with Crippen LogP contribution >= 0.6 is 15.9 Å². The van der Waals surface area contributed by atoms with Crippen molar-refractivity contribution in [3.8, 4) is 0 Å². The predicted molar refractivity (Wildman–Crippen MR) is 116 cm³/mol. The molecular formula is C19H28BrN7O3. The normalized spacial score (nSPS) is 15.4. The second-order valence-corrected chi connectivity index (χ2v) is 9.14. The summed E-state index contributed by atoms with van der Waals surface area (Å²) >= 11 is 3.48. The fourth-order valence-electron chi connectivity index (χ4n) is 3.48. The molecule has 1 aliphatic rings. The van der Waals surface area contributed by atoms with Crippen LogP contribution in [0.5, 0.6) is 0 Å². The molecule has 30 heavy (non-hydrogen) atoms. The second-order valence-electron chi connectivity index (χ2n) is 8.43. The molecule has 164 valence electrons. The predicted octanol–water partition coefficient (Wildman–Crippen LogP) is 2.32. The molecule has 0 unspecified atom stereocenters. The second kappa shape index (κ2) is 9.15. The fraction of sp³-hybridized carbons (Fsp3) is 0.632. The van der Waals surface area contributed by atoms with E-state index in [2.05, 4.69) is 36.2 Å². The number of aromatic nitrogens is 4. The van der Waals surface area contributed by atoms with Gasteiger partial charge in [0.1, 0.15) is 18.5 Å². The highest BCUT2D eigenvalue weighted by atomic mass is 79.9. The number of amides is 2. The number of nitrogen functional groups attached to an aromatic ring is 1. The van der Waals surface area contributed by atoms with Gasteiger partial charge in [-0.2, -0.15) is 0 Å². The standard InChI is InChI=1S/C19H28BrN7O3/c1-19(2,3)30-18(29)22-10-13(28)26-7-4-12(5-8-26)6-9-27-16-14(25-17(27)20)15(21)23-11-24-16/h11-12H,4-10H2,1-3H3,(H,22,29)(H2,21,23,24). The molecule has 0 aliphatic carbocycles. The number of hydrogen-bond donors (Lipinski definition) is 2. The number of nitrogens with one attached hydrogen (secondary N) is 1. The van der Waals surface area contributed by atoms with Crippen LogP contribution in [0.1, 0.15) is 40.0 Å². The van der Waals surface area contributed by atoms with E-state index in [1.165, 1.54) is 6.33 Å². The van der Waals surface area contributed by atoms with Gasteiger partial charge in [0, 0.05) is 19.6 Å². The Balaban J connectivity index is 1.45. The van der Waals surface area contributed by atoms with Crippen LogP contribution in [0.15, 0.2) is 11.1 Å². The van der Waals surface area contributed by atoms with Crippen LogP contribution in [0, 0.1) is 5.92 Å². The van der Waals surface area contributed by atoms with Crippen LogP contribution in [0.2, 0.25) is 0 Å². The number of alkyl carbamates (subject to hydrolysis) is 1. The Hall–Kier alpha value is -2.43. The van der Waals surface area contributed by atoms with Gasteiger partial charge < -0.3 is 25.3 Å². The zero-order valence-corrected chi connectivity index (χ0v) is 19.1. The summed E-state index contributed by atoms with van der Waals surface area (Å²) in [6, 6.07) is 0. The number of fused-ring (bicyclic) bond motifs is 1. The third-order valence-electron chi connectivity index (χ3n) is 5.02. The minimum absolute atomic E-state index is 0.0469. The first kappa shape index (κ1) is 22.3. The van der Waals surface area contributed by atoms with Crippen molar-refractivity contribution in [1.29, 1.82) is 0 Å². The zero-order valence-electron chi connectivity index (χ0n) is 17.5. The first-order valence-corrected chi connectivity index (χ1v) is 10.8. The lowest BCUT2D eigenvalue weighted by atomic mass is 9.93. The highest BCUT2D eigenvalue weighted by Gasteiger charge is 2.24. The number of nitrogens with two attached hydrogens (primary N) is 1. The summed E-state index contributed by atoms with van der Waals surface area (Å²) in [5.41, 5.74) is 6.61. The summed E-state index contributed by atoms with van der Waals surface area (Å²) in [5.74, 6) is 0.775. The van der Waals surface area contributed by atoms with Crippen LogP contribution in [0.3, 0.4) is 0 Å². The van der Waals surface area contributed by atoms with Gasteiger partial charge in [0.2, 0.25) is 5.91 Å². The first-order chi connectivity index (χ1) is 14.1. The number of anilines is 1. The fourth-order valence-corrected chi connectivity index (χ4v) is 4.00. The van der Waals surface area contributed by atoms with Gasteiger partial charge in [-0.3, -0.25) is 4.79 Å². The Morgan fingerprint density at radius 2 is 2.00 bits per heavy atom. The maximum atomic E-state index is 12.4. The van der Waals surface area contributed by atoms with Crippen molar-refractivity contribution >= 4 is 44.9 Å². The molecule has 0 radical (unpaired) electrons. The molecule has 2 aromatic rings. The topological polar surface area (TPSA) is 128 Å². The number of carbonyl (C=O) groups excluding carboxylic acids is 2. The molecular weight excluding hydrogens is 454 g/mol. The number of ether oxygens (including phenoxy) is 1. The van der Waals surface area contributed by atoms with Gasteiger partial charge in [0.25, 0.3) is 0 Å². The Kier molecular flexibility index (Phi) is 6.79. The maximum absolute atomic E-state index is 12.4. The average Bonchev–Trinajstić information content (AvgIpc) is 3.00. The molecule has 11 heteroatoms. The highest BCUT2D eigenvalue weighted by molar-refractivity contribution is 9.10. The molecule has 0 bridgehead atoms. The summed E-state index contributed by atoms with van der Waals surface area (Å²) in [6.07, 6.45) is 3.65. The van der Waals surface area contributed by atoms with E-state index in [9.17, 15) is 9.59 Å². The van der Waals surface area contributed by atoms with Crippen molar-refractivity contribution in [2.75, 3.05) is 25.4 Å². The summed E-state index contributed by atoms with van der Waals surface area (Å²) in [7, 11) is 0. The number of imidazole rings is 1. The zero-order chi connectivity index (χ0) is 21.9. The van der Waals surface area contributed by atoms with Crippen molar-refractivity contribution < 1.29 is 14.3 Å². The number of piperidine rings is 1. The summed E-state index contributed by atoms with van der Waals surface area (Å²) < 4.78 is 7.84. The largest absolute Gasteiger partial charge is 0.444 e. The molecule has 1 saturated heterocycles. The van der Waals surface area contributed by atoms with Crippen LogP contribution in [0.4, 0.5) is 10.6 Å². The Labute approximate surface area is 183 Å². The van der Waals surface area contributed by atoms with E-state index < -0.39 is 11.7 Å². The molecule has 2 amide bonds. The molecule has 3 rings (SSSR count). The van der Waals surface area contributed by atoms with E-state index in [4.69, 9.17) is 10.5 Å². The lowest BCUT2D eigenvalue weighted by Gasteiger charge is -2.32. The van der Waals surface area contributed by atoms with Gasteiger partial charge in [-0.05, 0) is 61.9 Å². The number of rotatable bonds is 5. The van der Waals surface area contributed by atoms with Crippen molar-refractivity contribution in [2.24, 2.45) is 5.92 Å². The molecule has 2 aromatic heterocycles. The van der Waals surface area contributed by atoms with E-state index in [-0.39, 0.29) is 12.5 Å². The summed E-state index contributed by atoms with van der Waals surface area (Å²) in [4.78, 5) is 38.5. The van der Waals surface area contributed by atoms with Gasteiger partial charge in [-0.1, -0.05) is 0 Å². The van der Waals surface area contributed by atoms with Crippen molar-refractivity contribution in [3.05, 3.63) is 11.1 Å². The number of likely N-dealkylation sites (tertiary alicyclic amines) is 1. The van der Waals surface area contributed by atoms with Crippen molar-refractivity contribution in [1.82, 2.24) is 29.7 Å². The number of aryl methyl sites for hydroxylation is 1. The van der Waals surface area contributed by atoms with Crippen LogP contribution in [-0.2, 0) is 16.1 Å². The van der Waals surface area contributed by atoms with E-state index in [1.54, 1.807) is 25.7 Å². The smallest absolute Gasteiger partial charge is 0.408 e. The van der Waals surface area contributed by atoms with Gasteiger partial charge in [-0.15, -0.1) is 0 Å². The molecule has 3 heterocycles. The number of carbonyl (C=O) groups is 2. The molecule has 10 nitrogen and oxygen atoms in total. The Morgan fingerprint density at radius 1 is 1.30 bits per heavy atom. The minimum Gasteiger partial charge on any atom is -0.444 e. The van der Waals surface area contributed by atoms with Gasteiger partial charge in [0.15, 0.2) is 21.7 Å². The average molecular weight is 482 g/mol.